The van der Waals surface area contributed by atoms with E-state index in [0.29, 0.717) is 23.9 Å². The van der Waals surface area contributed by atoms with Crippen molar-refractivity contribution in [2.75, 3.05) is 4.90 Å². The number of tetrazole rings is 1. The average Bonchev–Trinajstić information content (AvgIpc) is 3.49. The molecule has 34 heavy (non-hydrogen) atoms. The minimum absolute atomic E-state index is 0.414. The first-order valence-electron chi connectivity index (χ1n) is 11.9. The zero-order valence-corrected chi connectivity index (χ0v) is 18.7. The summed E-state index contributed by atoms with van der Waals surface area (Å²) in [6.45, 7) is 0.938. The lowest BCUT2D eigenvalue weighted by Crippen LogP contribution is -2.49. The number of para-hydroxylation sites is 2. The standard InChI is InChI=1S/C26H25N7O/c1-2-7-24-22(6-1)33(23-11-8-17(13-25(23)34-24)26-28-30-31-29-26)21-14-19-9-10-20(15-21)32(19)16-18-5-3-4-12-27-18/h1-8,11-13,19-21H,9-10,14-16H2,(H,28,29,30,31)/t19-,20+,21?. The number of anilines is 2. The zero-order chi connectivity index (χ0) is 22.5. The molecule has 2 aromatic heterocycles. The minimum atomic E-state index is 0.414. The summed E-state index contributed by atoms with van der Waals surface area (Å²) in [6, 6.07) is 22.3. The molecule has 2 aromatic carbocycles. The number of hydrogen-bond donors (Lipinski definition) is 1. The van der Waals surface area contributed by atoms with Gasteiger partial charge in [0.2, 0.25) is 5.82 Å². The number of aromatic amines is 1. The molecule has 7 rings (SSSR count). The number of piperidine rings is 1. The SMILES string of the molecule is c1ccc(CN2[C@@H]3CC[C@H]2CC(N2c4ccccc4Oc4cc(-c5nn[nH]n5)ccc42)C3)nc1. The van der Waals surface area contributed by atoms with Gasteiger partial charge >= 0.3 is 0 Å². The van der Waals surface area contributed by atoms with E-state index in [1.165, 1.54) is 12.8 Å². The van der Waals surface area contributed by atoms with E-state index in [9.17, 15) is 0 Å². The van der Waals surface area contributed by atoms with Gasteiger partial charge in [-0.25, -0.2) is 0 Å². The van der Waals surface area contributed by atoms with E-state index in [1.54, 1.807) is 0 Å². The van der Waals surface area contributed by atoms with Crippen LogP contribution in [-0.4, -0.2) is 48.6 Å². The van der Waals surface area contributed by atoms with Crippen LogP contribution in [0.1, 0.15) is 31.4 Å². The van der Waals surface area contributed by atoms with Crippen LogP contribution >= 0.6 is 0 Å². The van der Waals surface area contributed by atoms with Gasteiger partial charge in [-0.05, 0) is 73.4 Å². The maximum atomic E-state index is 6.36. The number of H-pyrrole nitrogens is 1. The second-order valence-corrected chi connectivity index (χ2v) is 9.36. The Morgan fingerprint density at radius 1 is 0.882 bits per heavy atom. The van der Waals surface area contributed by atoms with E-state index >= 15 is 0 Å². The lowest BCUT2D eigenvalue weighted by molar-refractivity contribution is 0.118. The molecule has 0 spiro atoms. The van der Waals surface area contributed by atoms with E-state index in [-0.39, 0.29) is 0 Å². The van der Waals surface area contributed by atoms with Crippen LogP contribution in [0.2, 0.25) is 0 Å². The van der Waals surface area contributed by atoms with E-state index in [4.69, 9.17) is 4.74 Å². The molecule has 0 saturated carbocycles. The molecule has 2 saturated heterocycles. The minimum Gasteiger partial charge on any atom is -0.453 e. The first-order valence-corrected chi connectivity index (χ1v) is 11.9. The van der Waals surface area contributed by atoms with Crippen molar-refractivity contribution in [2.45, 2.75) is 50.4 Å². The molecule has 8 heteroatoms. The van der Waals surface area contributed by atoms with Crippen LogP contribution in [-0.2, 0) is 6.54 Å². The summed E-state index contributed by atoms with van der Waals surface area (Å²) in [5, 5.41) is 14.5. The molecule has 1 unspecified atom stereocenters. The molecule has 3 aliphatic rings. The predicted octanol–water partition coefficient (Wildman–Crippen LogP) is 4.70. The third kappa shape index (κ3) is 3.25. The van der Waals surface area contributed by atoms with Crippen LogP contribution in [0.4, 0.5) is 11.4 Å². The predicted molar refractivity (Wildman–Crippen MR) is 128 cm³/mol. The smallest absolute Gasteiger partial charge is 0.204 e. The third-order valence-corrected chi connectivity index (χ3v) is 7.46. The lowest BCUT2D eigenvalue weighted by Gasteiger charge is -2.45. The van der Waals surface area contributed by atoms with Crippen molar-refractivity contribution in [1.82, 2.24) is 30.5 Å². The molecule has 8 nitrogen and oxygen atoms in total. The molecule has 5 heterocycles. The van der Waals surface area contributed by atoms with Gasteiger partial charge in [-0.3, -0.25) is 9.88 Å². The number of ether oxygens (including phenoxy) is 1. The molecule has 0 radical (unpaired) electrons. The Labute approximate surface area is 197 Å². The van der Waals surface area contributed by atoms with Gasteiger partial charge in [-0.1, -0.05) is 18.2 Å². The van der Waals surface area contributed by atoms with Gasteiger partial charge < -0.3 is 9.64 Å². The van der Waals surface area contributed by atoms with Gasteiger partial charge in [-0.15, -0.1) is 10.2 Å². The topological polar surface area (TPSA) is 83.1 Å². The summed E-state index contributed by atoms with van der Waals surface area (Å²) in [4.78, 5) is 9.78. The molecule has 0 amide bonds. The molecule has 1 N–H and O–H groups in total. The van der Waals surface area contributed by atoms with Crippen molar-refractivity contribution in [3.8, 4) is 22.9 Å². The molecule has 3 aliphatic heterocycles. The summed E-state index contributed by atoms with van der Waals surface area (Å²) in [6.07, 6.45) is 6.66. The van der Waals surface area contributed by atoms with Gasteiger partial charge in [0, 0.05) is 36.4 Å². The first-order chi connectivity index (χ1) is 16.8. The van der Waals surface area contributed by atoms with Gasteiger partial charge in [0.05, 0.1) is 17.1 Å². The van der Waals surface area contributed by atoms with Crippen molar-refractivity contribution in [2.24, 2.45) is 0 Å². The quantitative estimate of drug-likeness (QED) is 0.481. The fraction of sp³-hybridized carbons (Fsp3) is 0.308. The molecule has 2 fully saturated rings. The third-order valence-electron chi connectivity index (χ3n) is 7.46. The number of hydrogen-bond acceptors (Lipinski definition) is 7. The Balaban J connectivity index is 1.22. The largest absolute Gasteiger partial charge is 0.453 e. The average molecular weight is 452 g/mol. The van der Waals surface area contributed by atoms with Gasteiger partial charge in [0.1, 0.15) is 0 Å². The normalized spacial score (nSPS) is 23.3. The van der Waals surface area contributed by atoms with Crippen LogP contribution in [0, 0.1) is 0 Å². The fourth-order valence-corrected chi connectivity index (χ4v) is 6.00. The zero-order valence-electron chi connectivity index (χ0n) is 18.7. The molecular weight excluding hydrogens is 426 g/mol. The van der Waals surface area contributed by atoms with Crippen molar-refractivity contribution < 1.29 is 4.74 Å². The Morgan fingerprint density at radius 2 is 1.71 bits per heavy atom. The Kier molecular flexibility index (Phi) is 4.58. The summed E-state index contributed by atoms with van der Waals surface area (Å²) >= 11 is 0. The van der Waals surface area contributed by atoms with Crippen LogP contribution in [0.25, 0.3) is 11.4 Å². The van der Waals surface area contributed by atoms with E-state index < -0.39 is 0 Å². The second kappa shape index (κ2) is 7.92. The number of fused-ring (bicyclic) bond motifs is 4. The maximum Gasteiger partial charge on any atom is 0.204 e. The highest BCUT2D eigenvalue weighted by atomic mass is 16.5. The summed E-state index contributed by atoms with van der Waals surface area (Å²) in [7, 11) is 0. The number of nitrogens with zero attached hydrogens (tertiary/aromatic N) is 6. The van der Waals surface area contributed by atoms with Gasteiger partial charge in [-0.2, -0.15) is 5.21 Å². The Morgan fingerprint density at radius 3 is 2.50 bits per heavy atom. The monoisotopic (exact) mass is 451 g/mol. The first kappa shape index (κ1) is 19.7. The molecule has 0 aliphatic carbocycles. The summed E-state index contributed by atoms with van der Waals surface area (Å²) in [5.41, 5.74) is 4.30. The molecule has 4 aromatic rings. The van der Waals surface area contributed by atoms with Crippen LogP contribution < -0.4 is 9.64 Å². The van der Waals surface area contributed by atoms with E-state index in [0.717, 1.165) is 53.5 Å². The van der Waals surface area contributed by atoms with Crippen LogP contribution in [0.15, 0.2) is 66.9 Å². The highest BCUT2D eigenvalue weighted by molar-refractivity contribution is 5.80. The van der Waals surface area contributed by atoms with Crippen molar-refractivity contribution in [3.63, 3.8) is 0 Å². The molecule has 170 valence electrons. The van der Waals surface area contributed by atoms with Crippen molar-refractivity contribution >= 4 is 11.4 Å². The number of benzene rings is 2. The number of rotatable bonds is 4. The second-order valence-electron chi connectivity index (χ2n) is 9.36. The summed E-state index contributed by atoms with van der Waals surface area (Å²) in [5.74, 6) is 2.30. The molecule has 2 bridgehead atoms. The number of aromatic nitrogens is 5. The fourth-order valence-electron chi connectivity index (χ4n) is 6.00. The van der Waals surface area contributed by atoms with Crippen molar-refractivity contribution in [1.29, 1.82) is 0 Å². The molecular formula is C26H25N7O. The number of pyridine rings is 1. The highest BCUT2D eigenvalue weighted by Crippen LogP contribution is 2.51. The maximum absolute atomic E-state index is 6.36. The van der Waals surface area contributed by atoms with Gasteiger partial charge in [0.25, 0.3) is 0 Å². The lowest BCUT2D eigenvalue weighted by atomic mass is 9.93. The van der Waals surface area contributed by atoms with Crippen molar-refractivity contribution in [3.05, 3.63) is 72.6 Å². The van der Waals surface area contributed by atoms with E-state index in [2.05, 4.69) is 77.9 Å². The Hall–Kier alpha value is -3.78. The van der Waals surface area contributed by atoms with E-state index in [1.807, 2.05) is 24.4 Å². The van der Waals surface area contributed by atoms with Gasteiger partial charge in [0.15, 0.2) is 11.5 Å². The Bertz CT molecular complexity index is 1300. The summed E-state index contributed by atoms with van der Waals surface area (Å²) < 4.78 is 6.36. The number of nitrogens with one attached hydrogen (secondary N) is 1. The van der Waals surface area contributed by atoms with Crippen LogP contribution in [0.5, 0.6) is 11.5 Å². The molecule has 3 atom stereocenters. The highest BCUT2D eigenvalue weighted by Gasteiger charge is 2.44. The van der Waals surface area contributed by atoms with Crippen LogP contribution in [0.3, 0.4) is 0 Å².